The lowest BCUT2D eigenvalue weighted by Gasteiger charge is -2.40. The summed E-state index contributed by atoms with van der Waals surface area (Å²) in [6, 6.07) is 8.91. The second kappa shape index (κ2) is 8.69. The number of pyridine rings is 1. The van der Waals surface area contributed by atoms with Crippen LogP contribution in [0, 0.1) is 6.92 Å². The van der Waals surface area contributed by atoms with E-state index in [1.165, 1.54) is 6.07 Å². The van der Waals surface area contributed by atoms with Gasteiger partial charge < -0.3 is 14.7 Å². The highest BCUT2D eigenvalue weighted by Crippen LogP contribution is 2.41. The zero-order chi connectivity index (χ0) is 22.2. The van der Waals surface area contributed by atoms with Crippen LogP contribution in [0.25, 0.3) is 0 Å². The van der Waals surface area contributed by atoms with Gasteiger partial charge in [-0.2, -0.15) is 13.2 Å². The van der Waals surface area contributed by atoms with E-state index in [4.69, 9.17) is 4.74 Å². The SMILES string of the molecule is CCCC(O)c1cc(C)ccc1O[C@H]1C[C@H]2CC[C@@H](C1)N2c1ccc(C(F)(F)F)cn1. The fourth-order valence-electron chi connectivity index (χ4n) is 4.95. The quantitative estimate of drug-likeness (QED) is 0.622. The zero-order valence-corrected chi connectivity index (χ0v) is 17.9. The smallest absolute Gasteiger partial charge is 0.417 e. The summed E-state index contributed by atoms with van der Waals surface area (Å²) in [7, 11) is 0. The summed E-state index contributed by atoms with van der Waals surface area (Å²) in [6.07, 6.45) is 1.11. The van der Waals surface area contributed by atoms with Gasteiger partial charge in [0.05, 0.1) is 11.7 Å². The van der Waals surface area contributed by atoms with Crippen molar-refractivity contribution in [1.29, 1.82) is 0 Å². The van der Waals surface area contributed by atoms with Crippen molar-refractivity contribution in [3.63, 3.8) is 0 Å². The fourth-order valence-corrected chi connectivity index (χ4v) is 4.95. The van der Waals surface area contributed by atoms with Crippen LogP contribution in [0.1, 0.15) is 68.2 Å². The van der Waals surface area contributed by atoms with Gasteiger partial charge in [0.1, 0.15) is 17.7 Å². The maximum Gasteiger partial charge on any atom is 0.417 e. The summed E-state index contributed by atoms with van der Waals surface area (Å²) in [5.74, 6) is 1.34. The fraction of sp³-hybridized carbons (Fsp3) is 0.542. The molecule has 2 aliphatic heterocycles. The van der Waals surface area contributed by atoms with E-state index in [0.29, 0.717) is 12.2 Å². The molecule has 7 heteroatoms. The molecule has 0 radical (unpaired) electrons. The van der Waals surface area contributed by atoms with Crippen molar-refractivity contribution in [3.05, 3.63) is 53.2 Å². The minimum Gasteiger partial charge on any atom is -0.490 e. The normalized spacial score (nSPS) is 24.3. The van der Waals surface area contributed by atoms with Crippen molar-refractivity contribution < 1.29 is 23.0 Å². The second-order valence-electron chi connectivity index (χ2n) is 8.75. The monoisotopic (exact) mass is 434 g/mol. The number of alkyl halides is 3. The summed E-state index contributed by atoms with van der Waals surface area (Å²) >= 11 is 0. The number of rotatable bonds is 6. The number of ether oxygens (including phenoxy) is 1. The highest BCUT2D eigenvalue weighted by atomic mass is 19.4. The van der Waals surface area contributed by atoms with E-state index in [1.54, 1.807) is 0 Å². The van der Waals surface area contributed by atoms with Crippen LogP contribution < -0.4 is 9.64 Å². The molecule has 2 aliphatic rings. The minimum atomic E-state index is -4.38. The first-order valence-corrected chi connectivity index (χ1v) is 11.0. The minimum absolute atomic E-state index is 0.0125. The molecule has 2 bridgehead atoms. The molecule has 4 rings (SSSR count). The molecule has 2 fully saturated rings. The largest absolute Gasteiger partial charge is 0.490 e. The molecule has 1 aromatic carbocycles. The van der Waals surface area contributed by atoms with Gasteiger partial charge in [-0.05, 0) is 50.5 Å². The van der Waals surface area contributed by atoms with Gasteiger partial charge >= 0.3 is 6.18 Å². The van der Waals surface area contributed by atoms with E-state index >= 15 is 0 Å². The summed E-state index contributed by atoms with van der Waals surface area (Å²) in [5.41, 5.74) is 1.20. The van der Waals surface area contributed by atoms with Crippen LogP contribution in [0.4, 0.5) is 19.0 Å². The van der Waals surface area contributed by atoms with Gasteiger partial charge in [-0.1, -0.05) is 25.0 Å². The summed E-state index contributed by atoms with van der Waals surface area (Å²) in [4.78, 5) is 6.29. The average Bonchev–Trinajstić information content (AvgIpc) is 2.99. The molecule has 0 saturated carbocycles. The van der Waals surface area contributed by atoms with Gasteiger partial charge in [0.25, 0.3) is 0 Å². The van der Waals surface area contributed by atoms with Crippen LogP contribution in [0.3, 0.4) is 0 Å². The van der Waals surface area contributed by atoms with Gasteiger partial charge in [-0.3, -0.25) is 0 Å². The maximum atomic E-state index is 12.9. The molecule has 1 aromatic heterocycles. The molecule has 2 saturated heterocycles. The van der Waals surface area contributed by atoms with E-state index in [0.717, 1.165) is 61.2 Å². The molecule has 4 nitrogen and oxygen atoms in total. The first-order chi connectivity index (χ1) is 14.8. The van der Waals surface area contributed by atoms with Crippen molar-refractivity contribution in [2.24, 2.45) is 0 Å². The van der Waals surface area contributed by atoms with Crippen molar-refractivity contribution in [2.75, 3.05) is 4.90 Å². The number of fused-ring (bicyclic) bond motifs is 2. The molecule has 1 N–H and O–H groups in total. The second-order valence-corrected chi connectivity index (χ2v) is 8.75. The van der Waals surface area contributed by atoms with Crippen LogP contribution in [0.2, 0.25) is 0 Å². The summed E-state index contributed by atoms with van der Waals surface area (Å²) in [5, 5.41) is 10.6. The number of piperidine rings is 1. The number of nitrogens with zero attached hydrogens (tertiary/aromatic N) is 2. The van der Waals surface area contributed by atoms with Crippen LogP contribution in [-0.2, 0) is 6.18 Å². The van der Waals surface area contributed by atoms with E-state index in [2.05, 4.69) is 9.88 Å². The number of anilines is 1. The van der Waals surface area contributed by atoms with E-state index < -0.39 is 17.8 Å². The number of aliphatic hydroxyl groups excluding tert-OH is 1. The number of halogens is 3. The molecule has 31 heavy (non-hydrogen) atoms. The van der Waals surface area contributed by atoms with Gasteiger partial charge in [-0.15, -0.1) is 0 Å². The van der Waals surface area contributed by atoms with Gasteiger partial charge in [0.2, 0.25) is 0 Å². The molecule has 4 atom stereocenters. The Kier molecular flexibility index (Phi) is 6.15. The van der Waals surface area contributed by atoms with E-state index in [1.807, 2.05) is 32.0 Å². The highest BCUT2D eigenvalue weighted by molar-refractivity contribution is 5.45. The topological polar surface area (TPSA) is 45.6 Å². The first kappa shape index (κ1) is 21.9. The van der Waals surface area contributed by atoms with Crippen LogP contribution in [-0.4, -0.2) is 28.3 Å². The van der Waals surface area contributed by atoms with Gasteiger partial charge in [-0.25, -0.2) is 4.98 Å². The Balaban J connectivity index is 1.48. The Morgan fingerprint density at radius 2 is 1.87 bits per heavy atom. The number of hydrogen-bond acceptors (Lipinski definition) is 4. The van der Waals surface area contributed by atoms with Crippen molar-refractivity contribution in [2.45, 2.75) is 82.8 Å². The molecule has 168 valence electrons. The van der Waals surface area contributed by atoms with Crippen molar-refractivity contribution >= 4 is 5.82 Å². The average molecular weight is 435 g/mol. The standard InChI is InChI=1S/C24H29F3N2O2/c1-3-4-21(30)20-11-15(2)5-9-22(20)31-19-12-17-7-8-18(13-19)29(17)23-10-6-16(14-28-23)24(25,26)27/h5-6,9-11,14,17-19,21,30H,3-4,7-8,12-13H2,1-2H3/t17-,18+,19+,21?. The number of hydrogen-bond donors (Lipinski definition) is 1. The Morgan fingerprint density at radius 3 is 2.45 bits per heavy atom. The lowest BCUT2D eigenvalue weighted by atomic mass is 9.98. The predicted molar refractivity (Wildman–Crippen MR) is 113 cm³/mol. The molecular formula is C24H29F3N2O2. The van der Waals surface area contributed by atoms with E-state index in [9.17, 15) is 18.3 Å². The molecule has 0 spiro atoms. The Bertz CT molecular complexity index is 887. The van der Waals surface area contributed by atoms with Crippen LogP contribution in [0.15, 0.2) is 36.5 Å². The van der Waals surface area contributed by atoms with Crippen molar-refractivity contribution in [3.8, 4) is 5.75 Å². The van der Waals surface area contributed by atoms with E-state index in [-0.39, 0.29) is 18.2 Å². The lowest BCUT2D eigenvalue weighted by Crippen LogP contribution is -2.47. The summed E-state index contributed by atoms with van der Waals surface area (Å²) < 4.78 is 45.0. The summed E-state index contributed by atoms with van der Waals surface area (Å²) in [6.45, 7) is 4.05. The molecular weight excluding hydrogens is 405 g/mol. The highest BCUT2D eigenvalue weighted by Gasteiger charge is 2.42. The molecule has 1 unspecified atom stereocenters. The van der Waals surface area contributed by atoms with Crippen molar-refractivity contribution in [1.82, 2.24) is 4.98 Å². The molecule has 0 amide bonds. The third-order valence-corrected chi connectivity index (χ3v) is 6.41. The Hall–Kier alpha value is -2.28. The third kappa shape index (κ3) is 4.66. The third-order valence-electron chi connectivity index (χ3n) is 6.41. The zero-order valence-electron chi connectivity index (χ0n) is 17.9. The Morgan fingerprint density at radius 1 is 1.16 bits per heavy atom. The van der Waals surface area contributed by atoms with Crippen LogP contribution in [0.5, 0.6) is 5.75 Å². The first-order valence-electron chi connectivity index (χ1n) is 11.0. The number of aromatic nitrogens is 1. The molecule has 3 heterocycles. The number of benzene rings is 1. The molecule has 0 aliphatic carbocycles. The van der Waals surface area contributed by atoms with Gasteiger partial charge in [0.15, 0.2) is 0 Å². The lowest BCUT2D eigenvalue weighted by molar-refractivity contribution is -0.137. The maximum absolute atomic E-state index is 12.9. The van der Waals surface area contributed by atoms with Crippen LogP contribution >= 0.6 is 0 Å². The Labute approximate surface area is 181 Å². The number of aliphatic hydroxyl groups is 1. The van der Waals surface area contributed by atoms with Gasteiger partial charge in [0, 0.05) is 36.7 Å². The molecule has 2 aromatic rings. The predicted octanol–water partition coefficient (Wildman–Crippen LogP) is 5.82. The number of aryl methyl sites for hydroxylation is 1.